The van der Waals surface area contributed by atoms with Crippen LogP contribution in [0.3, 0.4) is 0 Å². The zero-order valence-electron chi connectivity index (χ0n) is 9.30. The number of hydrogen-bond donors (Lipinski definition) is 1. The van der Waals surface area contributed by atoms with E-state index in [9.17, 15) is 0 Å². The van der Waals surface area contributed by atoms with Crippen LogP contribution in [0.15, 0.2) is 35.2 Å². The number of aromatic nitrogens is 2. The lowest BCUT2D eigenvalue weighted by Crippen LogP contribution is -2.29. The smallest absolute Gasteiger partial charge is 0.213 e. The van der Waals surface area contributed by atoms with Crippen LogP contribution in [0.2, 0.25) is 0 Å². The number of benzene rings is 1. The Labute approximate surface area is 98.8 Å². The summed E-state index contributed by atoms with van der Waals surface area (Å²) in [6.07, 6.45) is 1.34. The fourth-order valence-electron chi connectivity index (χ4n) is 2.04. The van der Waals surface area contributed by atoms with Crippen molar-refractivity contribution in [2.24, 2.45) is 0 Å². The fourth-order valence-corrected chi connectivity index (χ4v) is 2.04. The number of nitrogens with zero attached hydrogens (tertiary/aromatic N) is 2. The Hall–Kier alpha value is -1.72. The van der Waals surface area contributed by atoms with Gasteiger partial charge >= 0.3 is 0 Å². The monoisotopic (exact) mass is 231 g/mol. The van der Waals surface area contributed by atoms with Crippen LogP contribution in [0, 0.1) is 0 Å². The maximum atomic E-state index is 5.55. The van der Waals surface area contributed by atoms with Gasteiger partial charge in [-0.05, 0) is 11.1 Å². The molecule has 17 heavy (non-hydrogen) atoms. The van der Waals surface area contributed by atoms with Crippen molar-refractivity contribution in [3.8, 4) is 0 Å². The lowest BCUT2D eigenvalue weighted by Gasteiger charge is -2.26. The maximum absolute atomic E-state index is 5.55. The minimum atomic E-state index is 0.193. The first-order chi connectivity index (χ1) is 8.43. The molecule has 1 aromatic carbocycles. The third kappa shape index (κ3) is 2.20. The van der Waals surface area contributed by atoms with E-state index in [0.717, 1.165) is 0 Å². The number of nitrogens with one attached hydrogen (secondary N) is 1. The van der Waals surface area contributed by atoms with Gasteiger partial charge in [-0.3, -0.25) is 0 Å². The topological polar surface area (TPSA) is 60.2 Å². The van der Waals surface area contributed by atoms with E-state index >= 15 is 0 Å². The molecule has 0 fully saturated rings. The first-order valence-corrected chi connectivity index (χ1v) is 5.57. The molecule has 0 radical (unpaired) electrons. The highest BCUT2D eigenvalue weighted by Crippen LogP contribution is 2.24. The lowest BCUT2D eigenvalue weighted by atomic mass is 9.99. The van der Waals surface area contributed by atoms with Crippen LogP contribution in [0.5, 0.6) is 0 Å². The number of ether oxygens (including phenoxy) is 1. The summed E-state index contributed by atoms with van der Waals surface area (Å²) in [5.41, 5.74) is 2.53. The summed E-state index contributed by atoms with van der Waals surface area (Å²) in [5.74, 6) is 0.660. The zero-order valence-corrected chi connectivity index (χ0v) is 9.30. The van der Waals surface area contributed by atoms with E-state index in [4.69, 9.17) is 9.26 Å². The summed E-state index contributed by atoms with van der Waals surface area (Å²) in [5, 5.41) is 7.14. The normalized spacial score (nSPS) is 18.9. The van der Waals surface area contributed by atoms with Gasteiger partial charge in [0.1, 0.15) is 0 Å². The van der Waals surface area contributed by atoms with Gasteiger partial charge in [0.05, 0.1) is 25.8 Å². The molecule has 2 aromatic rings. The van der Waals surface area contributed by atoms with Crippen molar-refractivity contribution in [3.05, 3.63) is 47.6 Å². The van der Waals surface area contributed by atoms with Crippen LogP contribution in [0.1, 0.15) is 23.0 Å². The van der Waals surface area contributed by atoms with Gasteiger partial charge in [0, 0.05) is 0 Å². The molecule has 0 saturated carbocycles. The van der Waals surface area contributed by atoms with E-state index in [0.29, 0.717) is 25.6 Å². The first-order valence-electron chi connectivity index (χ1n) is 5.57. The highest BCUT2D eigenvalue weighted by Gasteiger charge is 2.19. The fraction of sp³-hybridized carbons (Fsp3) is 0.333. The molecule has 5 heteroatoms. The standard InChI is InChI=1S/C12H13N3O2/c1-2-4-10-9(3-1)6-16-7-11(10)13-5-12-14-8-17-15-12/h1-4,8,11,13H,5-7H2. The molecule has 0 saturated heterocycles. The van der Waals surface area contributed by atoms with E-state index in [-0.39, 0.29) is 6.04 Å². The second kappa shape index (κ2) is 4.65. The van der Waals surface area contributed by atoms with Crippen LogP contribution in [-0.2, 0) is 17.9 Å². The minimum absolute atomic E-state index is 0.193. The molecule has 1 aliphatic rings. The largest absolute Gasteiger partial charge is 0.375 e. The molecule has 1 aliphatic heterocycles. The van der Waals surface area contributed by atoms with E-state index in [1.54, 1.807) is 0 Å². The Morgan fingerprint density at radius 1 is 1.35 bits per heavy atom. The Bertz CT molecular complexity index is 484. The van der Waals surface area contributed by atoms with Crippen molar-refractivity contribution in [2.45, 2.75) is 19.2 Å². The molecule has 0 aliphatic carbocycles. The third-order valence-electron chi connectivity index (χ3n) is 2.89. The SMILES string of the molecule is c1ccc2c(c1)COCC2NCc1ncon1. The van der Waals surface area contributed by atoms with Crippen LogP contribution < -0.4 is 5.32 Å². The predicted molar refractivity (Wildman–Crippen MR) is 60.0 cm³/mol. The van der Waals surface area contributed by atoms with Gasteiger partial charge in [0.2, 0.25) is 6.39 Å². The molecule has 3 rings (SSSR count). The molecule has 5 nitrogen and oxygen atoms in total. The summed E-state index contributed by atoms with van der Waals surface area (Å²) in [7, 11) is 0. The molecule has 1 N–H and O–H groups in total. The van der Waals surface area contributed by atoms with Crippen molar-refractivity contribution in [1.29, 1.82) is 0 Å². The van der Waals surface area contributed by atoms with Crippen molar-refractivity contribution in [3.63, 3.8) is 0 Å². The van der Waals surface area contributed by atoms with E-state index in [2.05, 4.69) is 27.6 Å². The van der Waals surface area contributed by atoms with Crippen molar-refractivity contribution < 1.29 is 9.26 Å². The molecule has 0 spiro atoms. The lowest BCUT2D eigenvalue weighted by molar-refractivity contribution is 0.0814. The van der Waals surface area contributed by atoms with Gasteiger partial charge in [-0.15, -0.1) is 0 Å². The molecular weight excluding hydrogens is 218 g/mol. The second-order valence-electron chi connectivity index (χ2n) is 3.99. The first kappa shape index (κ1) is 10.4. The van der Waals surface area contributed by atoms with Gasteiger partial charge in [0.25, 0.3) is 0 Å². The molecule has 88 valence electrons. The van der Waals surface area contributed by atoms with Crippen LogP contribution in [0.25, 0.3) is 0 Å². The van der Waals surface area contributed by atoms with Crippen molar-refractivity contribution >= 4 is 0 Å². The van der Waals surface area contributed by atoms with Gasteiger partial charge in [0.15, 0.2) is 5.82 Å². The molecule has 2 heterocycles. The molecule has 1 atom stereocenters. The third-order valence-corrected chi connectivity index (χ3v) is 2.89. The van der Waals surface area contributed by atoms with Crippen molar-refractivity contribution in [1.82, 2.24) is 15.5 Å². The van der Waals surface area contributed by atoms with E-state index < -0.39 is 0 Å². The van der Waals surface area contributed by atoms with Crippen molar-refractivity contribution in [2.75, 3.05) is 6.61 Å². The molecule has 0 bridgehead atoms. The Morgan fingerprint density at radius 3 is 3.18 bits per heavy atom. The highest BCUT2D eigenvalue weighted by molar-refractivity contribution is 5.31. The van der Waals surface area contributed by atoms with E-state index in [1.807, 2.05) is 12.1 Å². The number of hydrogen-bond acceptors (Lipinski definition) is 5. The predicted octanol–water partition coefficient (Wildman–Crippen LogP) is 1.43. The summed E-state index contributed by atoms with van der Waals surface area (Å²) in [4.78, 5) is 3.98. The molecular formula is C12H13N3O2. The van der Waals surface area contributed by atoms with Crippen LogP contribution in [0.4, 0.5) is 0 Å². The van der Waals surface area contributed by atoms with Crippen LogP contribution >= 0.6 is 0 Å². The Kier molecular flexibility index (Phi) is 2.85. The summed E-state index contributed by atoms with van der Waals surface area (Å²) >= 11 is 0. The number of rotatable bonds is 3. The molecule has 1 unspecified atom stereocenters. The van der Waals surface area contributed by atoms with Gasteiger partial charge in [-0.2, -0.15) is 4.98 Å². The maximum Gasteiger partial charge on any atom is 0.213 e. The minimum Gasteiger partial charge on any atom is -0.375 e. The Morgan fingerprint density at radius 2 is 2.29 bits per heavy atom. The van der Waals surface area contributed by atoms with Gasteiger partial charge < -0.3 is 14.6 Å². The van der Waals surface area contributed by atoms with Gasteiger partial charge in [-0.1, -0.05) is 29.4 Å². The summed E-state index contributed by atoms with van der Waals surface area (Å²) in [6, 6.07) is 8.50. The zero-order chi connectivity index (χ0) is 11.5. The second-order valence-corrected chi connectivity index (χ2v) is 3.99. The molecule has 1 aromatic heterocycles. The van der Waals surface area contributed by atoms with Crippen LogP contribution in [-0.4, -0.2) is 16.7 Å². The number of fused-ring (bicyclic) bond motifs is 1. The highest BCUT2D eigenvalue weighted by atomic mass is 16.5. The van der Waals surface area contributed by atoms with Gasteiger partial charge in [-0.25, -0.2) is 0 Å². The average molecular weight is 231 g/mol. The average Bonchev–Trinajstić information content (AvgIpc) is 2.89. The quantitative estimate of drug-likeness (QED) is 0.865. The van der Waals surface area contributed by atoms with E-state index in [1.165, 1.54) is 17.5 Å². The Balaban J connectivity index is 1.72. The summed E-state index contributed by atoms with van der Waals surface area (Å²) < 4.78 is 10.2. The molecule has 0 amide bonds. The summed E-state index contributed by atoms with van der Waals surface area (Å²) in [6.45, 7) is 1.95.